The lowest BCUT2D eigenvalue weighted by Gasteiger charge is -2.32. The van der Waals surface area contributed by atoms with Gasteiger partial charge in [-0.15, -0.1) is 0 Å². The number of nitrogens with zero attached hydrogens (tertiary/aromatic N) is 5. The standard InChI is InChI=1S/C20H31N5O/c1-4-25-15(3)18(14(2)22-25)13-24-11-9-16(10-12-24)5-8-19-21-20(26-23-19)17-6-7-17/h16-17H,4-13H2,1-3H3. The first kappa shape index (κ1) is 17.7. The number of piperidine rings is 1. The molecule has 0 amide bonds. The van der Waals surface area contributed by atoms with Crippen molar-refractivity contribution in [2.75, 3.05) is 13.1 Å². The van der Waals surface area contributed by atoms with E-state index in [4.69, 9.17) is 4.52 Å². The number of hydrogen-bond acceptors (Lipinski definition) is 5. The Morgan fingerprint density at radius 2 is 1.88 bits per heavy atom. The molecule has 2 aliphatic rings. The minimum Gasteiger partial charge on any atom is -0.339 e. The topological polar surface area (TPSA) is 60.0 Å². The molecule has 3 heterocycles. The zero-order chi connectivity index (χ0) is 18.1. The minimum absolute atomic E-state index is 0.559. The summed E-state index contributed by atoms with van der Waals surface area (Å²) in [4.78, 5) is 7.15. The maximum Gasteiger partial charge on any atom is 0.229 e. The maximum absolute atomic E-state index is 5.37. The van der Waals surface area contributed by atoms with Crippen molar-refractivity contribution in [2.45, 2.75) is 78.3 Å². The fraction of sp³-hybridized carbons (Fsp3) is 0.750. The number of aromatic nitrogens is 4. The number of rotatable bonds is 7. The molecule has 0 atom stereocenters. The fourth-order valence-corrected chi connectivity index (χ4v) is 4.13. The smallest absolute Gasteiger partial charge is 0.229 e. The largest absolute Gasteiger partial charge is 0.339 e. The Kier molecular flexibility index (Phi) is 5.11. The van der Waals surface area contributed by atoms with Gasteiger partial charge in [-0.2, -0.15) is 10.1 Å². The summed E-state index contributed by atoms with van der Waals surface area (Å²) in [6.45, 7) is 10.9. The van der Waals surface area contributed by atoms with Crippen molar-refractivity contribution in [3.05, 3.63) is 28.7 Å². The second kappa shape index (κ2) is 7.51. The third-order valence-electron chi connectivity index (χ3n) is 6.11. The summed E-state index contributed by atoms with van der Waals surface area (Å²) < 4.78 is 7.49. The highest BCUT2D eigenvalue weighted by Gasteiger charge is 2.29. The highest BCUT2D eigenvalue weighted by Crippen LogP contribution is 2.39. The lowest BCUT2D eigenvalue weighted by atomic mass is 9.92. The van der Waals surface area contributed by atoms with E-state index in [0.717, 1.165) is 37.1 Å². The Bertz CT molecular complexity index is 737. The van der Waals surface area contributed by atoms with Gasteiger partial charge in [0.1, 0.15) is 0 Å². The molecule has 6 heteroatoms. The van der Waals surface area contributed by atoms with Crippen LogP contribution in [0.15, 0.2) is 4.52 Å². The molecule has 1 aliphatic heterocycles. The second-order valence-electron chi connectivity index (χ2n) is 8.05. The first-order valence-electron chi connectivity index (χ1n) is 10.2. The van der Waals surface area contributed by atoms with Crippen molar-refractivity contribution in [2.24, 2.45) is 5.92 Å². The van der Waals surface area contributed by atoms with Gasteiger partial charge in [0.15, 0.2) is 5.82 Å². The Labute approximate surface area is 156 Å². The fourth-order valence-electron chi connectivity index (χ4n) is 4.13. The summed E-state index contributed by atoms with van der Waals surface area (Å²) in [6.07, 6.45) is 7.12. The van der Waals surface area contributed by atoms with Gasteiger partial charge in [0, 0.05) is 36.7 Å². The van der Waals surface area contributed by atoms with E-state index in [9.17, 15) is 0 Å². The van der Waals surface area contributed by atoms with Gasteiger partial charge in [-0.05, 0) is 71.9 Å². The van der Waals surface area contributed by atoms with Crippen molar-refractivity contribution < 1.29 is 4.52 Å². The minimum atomic E-state index is 0.559. The van der Waals surface area contributed by atoms with Gasteiger partial charge >= 0.3 is 0 Å². The van der Waals surface area contributed by atoms with Gasteiger partial charge in [-0.3, -0.25) is 9.58 Å². The van der Waals surface area contributed by atoms with Crippen molar-refractivity contribution in [3.8, 4) is 0 Å². The Morgan fingerprint density at radius 1 is 1.12 bits per heavy atom. The van der Waals surface area contributed by atoms with E-state index in [2.05, 4.69) is 45.6 Å². The van der Waals surface area contributed by atoms with Gasteiger partial charge in [0.25, 0.3) is 0 Å². The van der Waals surface area contributed by atoms with E-state index in [1.54, 1.807) is 0 Å². The highest BCUT2D eigenvalue weighted by molar-refractivity contribution is 5.24. The van der Waals surface area contributed by atoms with Crippen LogP contribution in [0, 0.1) is 19.8 Å². The molecule has 26 heavy (non-hydrogen) atoms. The van der Waals surface area contributed by atoms with Crippen LogP contribution in [0.3, 0.4) is 0 Å². The van der Waals surface area contributed by atoms with E-state index in [-0.39, 0.29) is 0 Å². The lowest BCUT2D eigenvalue weighted by molar-refractivity contribution is 0.171. The molecule has 1 saturated heterocycles. The normalized spacial score (nSPS) is 19.3. The van der Waals surface area contributed by atoms with E-state index >= 15 is 0 Å². The van der Waals surface area contributed by atoms with Gasteiger partial charge in [0.05, 0.1) is 5.69 Å². The molecule has 1 aliphatic carbocycles. The molecular formula is C20H31N5O. The predicted molar refractivity (Wildman–Crippen MR) is 100.0 cm³/mol. The molecule has 1 saturated carbocycles. The van der Waals surface area contributed by atoms with Crippen molar-refractivity contribution in [1.29, 1.82) is 0 Å². The zero-order valence-electron chi connectivity index (χ0n) is 16.4. The average Bonchev–Trinajstić information content (AvgIpc) is 3.34. The van der Waals surface area contributed by atoms with Crippen LogP contribution in [0.1, 0.15) is 73.6 Å². The van der Waals surface area contributed by atoms with Crippen molar-refractivity contribution in [3.63, 3.8) is 0 Å². The molecule has 0 bridgehead atoms. The second-order valence-corrected chi connectivity index (χ2v) is 8.05. The maximum atomic E-state index is 5.37. The zero-order valence-corrected chi connectivity index (χ0v) is 16.4. The molecule has 6 nitrogen and oxygen atoms in total. The summed E-state index contributed by atoms with van der Waals surface area (Å²) in [7, 11) is 0. The molecule has 0 radical (unpaired) electrons. The van der Waals surface area contributed by atoms with Crippen LogP contribution in [-0.2, 0) is 19.5 Å². The van der Waals surface area contributed by atoms with E-state index < -0.39 is 0 Å². The summed E-state index contributed by atoms with van der Waals surface area (Å²) >= 11 is 0. The monoisotopic (exact) mass is 357 g/mol. The average molecular weight is 358 g/mol. The third-order valence-corrected chi connectivity index (χ3v) is 6.11. The molecule has 0 aromatic carbocycles. The first-order chi connectivity index (χ1) is 12.6. The molecule has 0 N–H and O–H groups in total. The van der Waals surface area contributed by atoms with Crippen LogP contribution in [0.2, 0.25) is 0 Å². The molecule has 2 fully saturated rings. The number of aryl methyl sites for hydroxylation is 3. The van der Waals surface area contributed by atoms with Gasteiger partial charge in [-0.1, -0.05) is 5.16 Å². The van der Waals surface area contributed by atoms with Gasteiger partial charge in [-0.25, -0.2) is 0 Å². The van der Waals surface area contributed by atoms with Crippen LogP contribution in [0.25, 0.3) is 0 Å². The van der Waals surface area contributed by atoms with Crippen LogP contribution in [0.5, 0.6) is 0 Å². The van der Waals surface area contributed by atoms with Crippen LogP contribution in [-0.4, -0.2) is 37.9 Å². The van der Waals surface area contributed by atoms with Crippen LogP contribution < -0.4 is 0 Å². The molecule has 0 unspecified atom stereocenters. The Morgan fingerprint density at radius 3 is 2.54 bits per heavy atom. The van der Waals surface area contributed by atoms with Crippen LogP contribution in [0.4, 0.5) is 0 Å². The number of likely N-dealkylation sites (tertiary alicyclic amines) is 1. The highest BCUT2D eigenvalue weighted by atomic mass is 16.5. The quantitative estimate of drug-likeness (QED) is 0.757. The first-order valence-corrected chi connectivity index (χ1v) is 10.2. The third kappa shape index (κ3) is 3.85. The summed E-state index contributed by atoms with van der Waals surface area (Å²) in [6, 6.07) is 0. The summed E-state index contributed by atoms with van der Waals surface area (Å²) in [5, 5.41) is 8.81. The Balaban J connectivity index is 1.24. The predicted octanol–water partition coefficient (Wildman–Crippen LogP) is 3.63. The van der Waals surface area contributed by atoms with Gasteiger partial charge in [0.2, 0.25) is 5.89 Å². The molecular weight excluding hydrogens is 326 g/mol. The number of hydrogen-bond donors (Lipinski definition) is 0. The Hall–Kier alpha value is -1.69. The lowest BCUT2D eigenvalue weighted by Crippen LogP contribution is -2.33. The molecule has 0 spiro atoms. The summed E-state index contributed by atoms with van der Waals surface area (Å²) in [5.41, 5.74) is 3.94. The van der Waals surface area contributed by atoms with Gasteiger partial charge < -0.3 is 4.52 Å². The molecule has 2 aromatic rings. The van der Waals surface area contributed by atoms with E-state index in [1.165, 1.54) is 62.1 Å². The van der Waals surface area contributed by atoms with Crippen LogP contribution >= 0.6 is 0 Å². The summed E-state index contributed by atoms with van der Waals surface area (Å²) in [5.74, 6) is 3.12. The molecule has 2 aromatic heterocycles. The van der Waals surface area contributed by atoms with Crippen molar-refractivity contribution >= 4 is 0 Å². The van der Waals surface area contributed by atoms with E-state index in [1.807, 2.05) is 0 Å². The molecule has 4 rings (SSSR count). The SMILES string of the molecule is CCn1nc(C)c(CN2CCC(CCc3noc(C4CC4)n3)CC2)c1C. The van der Waals surface area contributed by atoms with Crippen molar-refractivity contribution in [1.82, 2.24) is 24.8 Å². The van der Waals surface area contributed by atoms with E-state index in [0.29, 0.717) is 5.92 Å². The molecule has 142 valence electrons.